The van der Waals surface area contributed by atoms with Crippen molar-refractivity contribution in [3.8, 4) is 11.3 Å². The zero-order chi connectivity index (χ0) is 15.4. The molecule has 22 heavy (non-hydrogen) atoms. The zero-order valence-corrected chi connectivity index (χ0v) is 12.0. The van der Waals surface area contributed by atoms with E-state index in [2.05, 4.69) is 15.8 Å². The van der Waals surface area contributed by atoms with Gasteiger partial charge in [0.25, 0.3) is 0 Å². The van der Waals surface area contributed by atoms with E-state index in [1.54, 1.807) is 6.07 Å². The van der Waals surface area contributed by atoms with Crippen LogP contribution in [0.4, 0.5) is 0 Å². The van der Waals surface area contributed by atoms with Crippen LogP contribution in [0.5, 0.6) is 0 Å². The minimum atomic E-state index is -0.251. The third-order valence-corrected chi connectivity index (χ3v) is 3.35. The second kappa shape index (κ2) is 6.43. The lowest BCUT2D eigenvalue weighted by atomic mass is 10.1. The molecular formula is C16H17N3O3. The topological polar surface area (TPSA) is 84.2 Å². The van der Waals surface area contributed by atoms with Crippen molar-refractivity contribution in [1.82, 2.24) is 15.8 Å². The van der Waals surface area contributed by atoms with E-state index in [0.717, 1.165) is 18.4 Å². The first kappa shape index (κ1) is 14.3. The number of carbonyl (C=O) groups excluding carboxylic acids is 2. The fourth-order valence-corrected chi connectivity index (χ4v) is 2.05. The average molecular weight is 299 g/mol. The van der Waals surface area contributed by atoms with Gasteiger partial charge < -0.3 is 15.2 Å². The number of rotatable bonds is 6. The van der Waals surface area contributed by atoms with Crippen molar-refractivity contribution in [1.29, 1.82) is 0 Å². The van der Waals surface area contributed by atoms with Crippen LogP contribution in [0.15, 0.2) is 40.9 Å². The predicted molar refractivity (Wildman–Crippen MR) is 79.8 cm³/mol. The third-order valence-electron chi connectivity index (χ3n) is 3.35. The third kappa shape index (κ3) is 3.94. The molecule has 0 unspecified atom stereocenters. The van der Waals surface area contributed by atoms with Crippen LogP contribution < -0.4 is 10.6 Å². The Kier molecular flexibility index (Phi) is 4.18. The molecule has 0 spiro atoms. The second-order valence-corrected chi connectivity index (χ2v) is 5.34. The highest BCUT2D eigenvalue weighted by Crippen LogP contribution is 2.20. The maximum atomic E-state index is 11.8. The summed E-state index contributed by atoms with van der Waals surface area (Å²) in [5.74, 6) is 0.217. The standard InChI is InChI=1S/C16H17N3O3/c20-15(17-10-16(21)18-12-6-7-12)9-13-8-14(22-19-13)11-4-2-1-3-5-11/h1-5,8,12H,6-7,9-10H2,(H,17,20)(H,18,21). The lowest BCUT2D eigenvalue weighted by Gasteiger charge is -2.04. The van der Waals surface area contributed by atoms with Crippen molar-refractivity contribution < 1.29 is 14.1 Å². The fourth-order valence-electron chi connectivity index (χ4n) is 2.05. The van der Waals surface area contributed by atoms with Gasteiger partial charge in [-0.05, 0) is 12.8 Å². The number of amides is 2. The fraction of sp³-hybridized carbons (Fsp3) is 0.312. The van der Waals surface area contributed by atoms with Gasteiger partial charge in [-0.2, -0.15) is 0 Å². The van der Waals surface area contributed by atoms with Gasteiger partial charge in [-0.1, -0.05) is 35.5 Å². The minimum Gasteiger partial charge on any atom is -0.356 e. The van der Waals surface area contributed by atoms with Crippen LogP contribution in [-0.2, 0) is 16.0 Å². The Morgan fingerprint density at radius 1 is 1.18 bits per heavy atom. The molecule has 1 aromatic heterocycles. The Bertz CT molecular complexity index is 662. The highest BCUT2D eigenvalue weighted by atomic mass is 16.5. The summed E-state index contributed by atoms with van der Waals surface area (Å²) in [6.45, 7) is -0.00126. The van der Waals surface area contributed by atoms with Crippen molar-refractivity contribution in [3.05, 3.63) is 42.1 Å². The molecule has 2 aromatic rings. The smallest absolute Gasteiger partial charge is 0.239 e. The Balaban J connectivity index is 1.49. The first-order valence-electron chi connectivity index (χ1n) is 7.28. The Morgan fingerprint density at radius 2 is 1.95 bits per heavy atom. The highest BCUT2D eigenvalue weighted by Gasteiger charge is 2.23. The van der Waals surface area contributed by atoms with Crippen LogP contribution in [-0.4, -0.2) is 29.6 Å². The van der Waals surface area contributed by atoms with Gasteiger partial charge in [0.2, 0.25) is 11.8 Å². The monoisotopic (exact) mass is 299 g/mol. The number of nitrogens with one attached hydrogen (secondary N) is 2. The normalized spacial score (nSPS) is 13.6. The van der Waals surface area contributed by atoms with E-state index in [4.69, 9.17) is 4.52 Å². The quantitative estimate of drug-likeness (QED) is 0.841. The highest BCUT2D eigenvalue weighted by molar-refractivity contribution is 5.85. The molecule has 0 saturated heterocycles. The number of hydrogen-bond acceptors (Lipinski definition) is 4. The SMILES string of the molecule is O=C(Cc1cc(-c2ccccc2)on1)NCC(=O)NC1CC1. The molecule has 1 aliphatic rings. The molecule has 1 aliphatic carbocycles. The molecule has 0 radical (unpaired) electrons. The lowest BCUT2D eigenvalue weighted by molar-refractivity contribution is -0.125. The van der Waals surface area contributed by atoms with Crippen molar-refractivity contribution in [3.63, 3.8) is 0 Å². The zero-order valence-electron chi connectivity index (χ0n) is 12.0. The molecule has 0 bridgehead atoms. The van der Waals surface area contributed by atoms with Gasteiger partial charge >= 0.3 is 0 Å². The number of nitrogens with zero attached hydrogens (tertiary/aromatic N) is 1. The first-order valence-corrected chi connectivity index (χ1v) is 7.28. The summed E-state index contributed by atoms with van der Waals surface area (Å²) in [7, 11) is 0. The van der Waals surface area contributed by atoms with Gasteiger partial charge in [-0.15, -0.1) is 0 Å². The van der Waals surface area contributed by atoms with Gasteiger partial charge in [-0.25, -0.2) is 0 Å². The second-order valence-electron chi connectivity index (χ2n) is 5.34. The van der Waals surface area contributed by atoms with Crippen LogP contribution in [0.25, 0.3) is 11.3 Å². The summed E-state index contributed by atoms with van der Waals surface area (Å²) in [6.07, 6.45) is 2.15. The van der Waals surface area contributed by atoms with E-state index in [9.17, 15) is 9.59 Å². The first-order chi connectivity index (χ1) is 10.7. The number of aromatic nitrogens is 1. The summed E-state index contributed by atoms with van der Waals surface area (Å²) in [6, 6.07) is 11.6. The summed E-state index contributed by atoms with van der Waals surface area (Å²) in [5, 5.41) is 9.27. The molecule has 114 valence electrons. The lowest BCUT2D eigenvalue weighted by Crippen LogP contribution is -2.38. The molecule has 1 aromatic carbocycles. The van der Waals surface area contributed by atoms with Crippen LogP contribution >= 0.6 is 0 Å². The van der Waals surface area contributed by atoms with Gasteiger partial charge in [0.1, 0.15) is 0 Å². The van der Waals surface area contributed by atoms with E-state index in [1.807, 2.05) is 30.3 Å². The summed E-state index contributed by atoms with van der Waals surface area (Å²) >= 11 is 0. The minimum absolute atomic E-state index is 0.00126. The molecule has 6 nitrogen and oxygen atoms in total. The van der Waals surface area contributed by atoms with Crippen LogP contribution in [0.2, 0.25) is 0 Å². The molecule has 1 fully saturated rings. The van der Waals surface area contributed by atoms with Crippen molar-refractivity contribution >= 4 is 11.8 Å². The Labute approximate surface area is 127 Å². The van der Waals surface area contributed by atoms with Gasteiger partial charge in [0.05, 0.1) is 18.7 Å². The number of carbonyl (C=O) groups is 2. The van der Waals surface area contributed by atoms with E-state index >= 15 is 0 Å². The number of hydrogen-bond donors (Lipinski definition) is 2. The maximum Gasteiger partial charge on any atom is 0.239 e. The van der Waals surface area contributed by atoms with Gasteiger partial charge in [-0.3, -0.25) is 9.59 Å². The number of benzene rings is 1. The molecule has 0 atom stereocenters. The molecular weight excluding hydrogens is 282 g/mol. The summed E-state index contributed by atoms with van der Waals surface area (Å²) in [4.78, 5) is 23.3. The van der Waals surface area contributed by atoms with Crippen LogP contribution in [0.1, 0.15) is 18.5 Å². The Morgan fingerprint density at radius 3 is 2.68 bits per heavy atom. The van der Waals surface area contributed by atoms with Crippen molar-refractivity contribution in [2.24, 2.45) is 0 Å². The maximum absolute atomic E-state index is 11.8. The molecule has 6 heteroatoms. The van der Waals surface area contributed by atoms with Crippen LogP contribution in [0, 0.1) is 0 Å². The molecule has 2 N–H and O–H groups in total. The van der Waals surface area contributed by atoms with Gasteiger partial charge in [0.15, 0.2) is 5.76 Å². The molecule has 1 saturated carbocycles. The molecule has 1 heterocycles. The van der Waals surface area contributed by atoms with E-state index in [1.165, 1.54) is 0 Å². The van der Waals surface area contributed by atoms with E-state index in [-0.39, 0.29) is 24.8 Å². The molecule has 2 amide bonds. The summed E-state index contributed by atoms with van der Waals surface area (Å²) in [5.41, 5.74) is 1.45. The summed E-state index contributed by atoms with van der Waals surface area (Å²) < 4.78 is 5.23. The van der Waals surface area contributed by atoms with Crippen molar-refractivity contribution in [2.75, 3.05) is 6.54 Å². The van der Waals surface area contributed by atoms with Crippen molar-refractivity contribution in [2.45, 2.75) is 25.3 Å². The van der Waals surface area contributed by atoms with E-state index in [0.29, 0.717) is 17.5 Å². The van der Waals surface area contributed by atoms with E-state index < -0.39 is 0 Å². The largest absolute Gasteiger partial charge is 0.356 e. The molecule has 0 aliphatic heterocycles. The molecule has 3 rings (SSSR count). The predicted octanol–water partition coefficient (Wildman–Crippen LogP) is 1.28. The average Bonchev–Trinajstić information content (AvgIpc) is 3.22. The van der Waals surface area contributed by atoms with Crippen LogP contribution in [0.3, 0.4) is 0 Å². The van der Waals surface area contributed by atoms with Gasteiger partial charge in [0, 0.05) is 17.7 Å². The Hall–Kier alpha value is -2.63.